The molecular weight excluding hydrogens is 248 g/mol. The maximum atomic E-state index is 12.0. The molecule has 0 spiro atoms. The zero-order valence-electron chi connectivity index (χ0n) is 12.2. The number of hydrogen-bond donors (Lipinski definition) is 1. The Labute approximate surface area is 120 Å². The highest BCUT2D eigenvalue weighted by molar-refractivity contribution is 5.86. The first kappa shape index (κ1) is 14.4. The number of carbonyl (C=O) groups excluding carboxylic acids is 1. The highest BCUT2D eigenvalue weighted by Gasteiger charge is 2.09. The van der Waals surface area contributed by atoms with E-state index in [1.807, 2.05) is 25.2 Å². The van der Waals surface area contributed by atoms with Gasteiger partial charge < -0.3 is 10.2 Å². The molecule has 2 rings (SSSR count). The third kappa shape index (κ3) is 3.50. The molecular formula is C17H22N2O. The highest BCUT2D eigenvalue weighted by Crippen LogP contribution is 2.19. The second-order valence-corrected chi connectivity index (χ2v) is 5.08. The third-order valence-electron chi connectivity index (χ3n) is 3.44. The first-order chi connectivity index (χ1) is 9.72. The second kappa shape index (κ2) is 6.94. The van der Waals surface area contributed by atoms with Crippen LogP contribution in [0.4, 0.5) is 4.79 Å². The van der Waals surface area contributed by atoms with Crippen molar-refractivity contribution in [2.24, 2.45) is 0 Å². The summed E-state index contributed by atoms with van der Waals surface area (Å²) in [6, 6.07) is 14.5. The van der Waals surface area contributed by atoms with E-state index in [1.165, 1.54) is 16.3 Å². The van der Waals surface area contributed by atoms with Gasteiger partial charge in [-0.15, -0.1) is 0 Å². The molecule has 0 saturated carbocycles. The van der Waals surface area contributed by atoms with Crippen LogP contribution in [0.15, 0.2) is 42.5 Å². The van der Waals surface area contributed by atoms with Crippen molar-refractivity contribution in [3.63, 3.8) is 0 Å². The molecule has 2 amide bonds. The minimum atomic E-state index is -0.00798. The van der Waals surface area contributed by atoms with Crippen molar-refractivity contribution in [1.29, 1.82) is 0 Å². The van der Waals surface area contributed by atoms with Crippen molar-refractivity contribution in [1.82, 2.24) is 10.2 Å². The fourth-order valence-corrected chi connectivity index (χ4v) is 2.26. The van der Waals surface area contributed by atoms with Crippen LogP contribution in [0.3, 0.4) is 0 Å². The highest BCUT2D eigenvalue weighted by atomic mass is 16.2. The number of urea groups is 1. The zero-order valence-corrected chi connectivity index (χ0v) is 12.2. The van der Waals surface area contributed by atoms with E-state index in [4.69, 9.17) is 0 Å². The number of fused-ring (bicyclic) bond motifs is 1. The molecule has 2 aromatic carbocycles. The number of amides is 2. The number of unbranched alkanes of at least 4 members (excludes halogenated alkanes) is 1. The van der Waals surface area contributed by atoms with Crippen molar-refractivity contribution in [3.8, 4) is 0 Å². The lowest BCUT2D eigenvalue weighted by Gasteiger charge is -2.19. The molecule has 2 aromatic rings. The summed E-state index contributed by atoms with van der Waals surface area (Å²) in [6.07, 6.45) is 2.11. The lowest BCUT2D eigenvalue weighted by atomic mass is 10.0. The van der Waals surface area contributed by atoms with Crippen LogP contribution in [0.1, 0.15) is 25.3 Å². The van der Waals surface area contributed by atoms with Crippen molar-refractivity contribution >= 4 is 16.8 Å². The van der Waals surface area contributed by atoms with Gasteiger partial charge in [-0.2, -0.15) is 0 Å². The van der Waals surface area contributed by atoms with Crippen LogP contribution in [-0.4, -0.2) is 24.5 Å². The van der Waals surface area contributed by atoms with E-state index in [1.54, 1.807) is 4.90 Å². The Morgan fingerprint density at radius 1 is 1.15 bits per heavy atom. The lowest BCUT2D eigenvalue weighted by molar-refractivity contribution is 0.207. The second-order valence-electron chi connectivity index (χ2n) is 5.08. The number of benzene rings is 2. The summed E-state index contributed by atoms with van der Waals surface area (Å²) in [5.41, 5.74) is 1.18. The van der Waals surface area contributed by atoms with Gasteiger partial charge in [0.25, 0.3) is 0 Å². The largest absolute Gasteiger partial charge is 0.338 e. The quantitative estimate of drug-likeness (QED) is 0.824. The molecule has 20 heavy (non-hydrogen) atoms. The summed E-state index contributed by atoms with van der Waals surface area (Å²) < 4.78 is 0. The molecule has 0 aliphatic heterocycles. The van der Waals surface area contributed by atoms with Crippen molar-refractivity contribution in [2.45, 2.75) is 26.3 Å². The number of rotatable bonds is 5. The molecule has 1 N–H and O–H groups in total. The van der Waals surface area contributed by atoms with Gasteiger partial charge in [0, 0.05) is 20.1 Å². The molecule has 0 saturated heterocycles. The SMILES string of the molecule is CCCCNC(=O)N(C)Cc1cccc2ccccc12. The van der Waals surface area contributed by atoms with Crippen molar-refractivity contribution < 1.29 is 4.79 Å². The Morgan fingerprint density at radius 3 is 2.70 bits per heavy atom. The molecule has 0 fully saturated rings. The van der Waals surface area contributed by atoms with Gasteiger partial charge in [-0.1, -0.05) is 55.8 Å². The van der Waals surface area contributed by atoms with Gasteiger partial charge >= 0.3 is 6.03 Å². The van der Waals surface area contributed by atoms with E-state index in [-0.39, 0.29) is 6.03 Å². The Balaban J connectivity index is 2.06. The number of carbonyl (C=O) groups is 1. The monoisotopic (exact) mass is 270 g/mol. The van der Waals surface area contributed by atoms with Gasteiger partial charge in [-0.3, -0.25) is 0 Å². The van der Waals surface area contributed by atoms with Crippen molar-refractivity contribution in [2.75, 3.05) is 13.6 Å². The topological polar surface area (TPSA) is 32.3 Å². The molecule has 106 valence electrons. The van der Waals surface area contributed by atoms with Gasteiger partial charge in [-0.05, 0) is 22.8 Å². The maximum absolute atomic E-state index is 12.0. The van der Waals surface area contributed by atoms with Gasteiger partial charge in [-0.25, -0.2) is 4.79 Å². The number of nitrogens with one attached hydrogen (secondary N) is 1. The van der Waals surface area contributed by atoms with Crippen LogP contribution in [-0.2, 0) is 6.54 Å². The van der Waals surface area contributed by atoms with Crippen LogP contribution in [0.2, 0.25) is 0 Å². The van der Waals surface area contributed by atoms with E-state index in [2.05, 4.69) is 36.5 Å². The number of nitrogens with zero attached hydrogens (tertiary/aromatic N) is 1. The molecule has 0 bridgehead atoms. The van der Waals surface area contributed by atoms with Crippen LogP contribution >= 0.6 is 0 Å². The Morgan fingerprint density at radius 2 is 1.90 bits per heavy atom. The summed E-state index contributed by atoms with van der Waals surface area (Å²) in [5, 5.41) is 5.36. The summed E-state index contributed by atoms with van der Waals surface area (Å²) >= 11 is 0. The minimum Gasteiger partial charge on any atom is -0.338 e. The van der Waals surface area contributed by atoms with E-state index in [0.717, 1.165) is 19.4 Å². The third-order valence-corrected chi connectivity index (χ3v) is 3.44. The fraction of sp³-hybridized carbons (Fsp3) is 0.353. The molecule has 3 heteroatoms. The predicted molar refractivity (Wildman–Crippen MR) is 83.7 cm³/mol. The summed E-state index contributed by atoms with van der Waals surface area (Å²) in [4.78, 5) is 13.7. The first-order valence-electron chi connectivity index (χ1n) is 7.18. The number of hydrogen-bond acceptors (Lipinski definition) is 1. The maximum Gasteiger partial charge on any atom is 0.317 e. The molecule has 0 aromatic heterocycles. The summed E-state index contributed by atoms with van der Waals surface area (Å²) in [6.45, 7) is 3.49. The van der Waals surface area contributed by atoms with Gasteiger partial charge in [0.05, 0.1) is 0 Å². The van der Waals surface area contributed by atoms with Gasteiger partial charge in [0.15, 0.2) is 0 Å². The standard InChI is InChI=1S/C17H22N2O/c1-3-4-12-18-17(20)19(2)13-15-10-7-9-14-8-5-6-11-16(14)15/h5-11H,3-4,12-13H2,1-2H3,(H,18,20). The van der Waals surface area contributed by atoms with E-state index < -0.39 is 0 Å². The molecule has 0 aliphatic rings. The van der Waals surface area contributed by atoms with Crippen LogP contribution in [0.5, 0.6) is 0 Å². The van der Waals surface area contributed by atoms with E-state index >= 15 is 0 Å². The molecule has 0 atom stereocenters. The average Bonchev–Trinajstić information content (AvgIpc) is 2.47. The lowest BCUT2D eigenvalue weighted by Crippen LogP contribution is -2.37. The van der Waals surface area contributed by atoms with E-state index in [9.17, 15) is 4.79 Å². The minimum absolute atomic E-state index is 0.00798. The van der Waals surface area contributed by atoms with Crippen molar-refractivity contribution in [3.05, 3.63) is 48.0 Å². The summed E-state index contributed by atoms with van der Waals surface area (Å²) in [7, 11) is 1.84. The normalized spacial score (nSPS) is 10.5. The fourth-order valence-electron chi connectivity index (χ4n) is 2.26. The zero-order chi connectivity index (χ0) is 14.4. The summed E-state index contributed by atoms with van der Waals surface area (Å²) in [5.74, 6) is 0. The predicted octanol–water partition coefficient (Wildman–Crippen LogP) is 3.78. The molecule has 0 aliphatic carbocycles. The first-order valence-corrected chi connectivity index (χ1v) is 7.18. The Hall–Kier alpha value is -2.03. The molecule has 0 heterocycles. The Kier molecular flexibility index (Phi) is 4.99. The smallest absolute Gasteiger partial charge is 0.317 e. The van der Waals surface area contributed by atoms with Gasteiger partial charge in [0.2, 0.25) is 0 Å². The van der Waals surface area contributed by atoms with Crippen LogP contribution in [0.25, 0.3) is 10.8 Å². The van der Waals surface area contributed by atoms with E-state index in [0.29, 0.717) is 6.54 Å². The molecule has 3 nitrogen and oxygen atoms in total. The van der Waals surface area contributed by atoms with Gasteiger partial charge in [0.1, 0.15) is 0 Å². The molecule has 0 unspecified atom stereocenters. The van der Waals surface area contributed by atoms with Crippen LogP contribution in [0, 0.1) is 0 Å². The van der Waals surface area contributed by atoms with Crippen LogP contribution < -0.4 is 5.32 Å². The molecule has 0 radical (unpaired) electrons. The average molecular weight is 270 g/mol. The Bertz CT molecular complexity index is 575.